The van der Waals surface area contributed by atoms with E-state index in [-0.39, 0.29) is 21.7 Å². The SMILES string of the molecule is Cc1ccccc1NC(=O)c1ccc2c(c1)NC(=O)C(S(=O)(=O)c1ccccc1)C2=O. The number of hydrogen-bond acceptors (Lipinski definition) is 5. The molecular formula is C23H18N2O5S. The van der Waals surface area contributed by atoms with Crippen LogP contribution in [0.4, 0.5) is 11.4 Å². The van der Waals surface area contributed by atoms with Gasteiger partial charge in [0.15, 0.2) is 15.6 Å². The fourth-order valence-corrected chi connectivity index (χ4v) is 4.96. The van der Waals surface area contributed by atoms with E-state index in [2.05, 4.69) is 10.6 Å². The molecule has 2 N–H and O–H groups in total. The summed E-state index contributed by atoms with van der Waals surface area (Å²) in [6.45, 7) is 1.86. The summed E-state index contributed by atoms with van der Waals surface area (Å²) in [7, 11) is -4.22. The first-order valence-electron chi connectivity index (χ1n) is 9.44. The average Bonchev–Trinajstić information content (AvgIpc) is 2.75. The van der Waals surface area contributed by atoms with E-state index in [1.165, 1.54) is 42.5 Å². The third kappa shape index (κ3) is 3.73. The maximum atomic E-state index is 12.9. The van der Waals surface area contributed by atoms with Crippen LogP contribution in [-0.2, 0) is 14.6 Å². The first-order valence-corrected chi connectivity index (χ1v) is 11.0. The van der Waals surface area contributed by atoms with Gasteiger partial charge in [0.25, 0.3) is 11.8 Å². The number of hydrogen-bond donors (Lipinski definition) is 2. The maximum Gasteiger partial charge on any atom is 0.255 e. The number of nitrogens with one attached hydrogen (secondary N) is 2. The minimum atomic E-state index is -4.22. The quantitative estimate of drug-likeness (QED) is 0.613. The molecular weight excluding hydrogens is 416 g/mol. The molecule has 0 aliphatic carbocycles. The van der Waals surface area contributed by atoms with Crippen molar-refractivity contribution in [2.45, 2.75) is 17.1 Å². The molecule has 1 heterocycles. The molecule has 4 rings (SSSR count). The number of Topliss-reactive ketones (excluding diaryl/α,β-unsaturated/α-hetero) is 1. The number of carbonyl (C=O) groups is 3. The molecule has 31 heavy (non-hydrogen) atoms. The summed E-state index contributed by atoms with van der Waals surface area (Å²) >= 11 is 0. The Bertz CT molecular complexity index is 1320. The summed E-state index contributed by atoms with van der Waals surface area (Å²) in [5, 5.41) is 3.37. The largest absolute Gasteiger partial charge is 0.324 e. The Labute approximate surface area is 179 Å². The highest BCUT2D eigenvalue weighted by Crippen LogP contribution is 2.30. The Balaban J connectivity index is 1.65. The third-order valence-electron chi connectivity index (χ3n) is 5.06. The van der Waals surface area contributed by atoms with E-state index >= 15 is 0 Å². The fraction of sp³-hybridized carbons (Fsp3) is 0.0870. The Morgan fingerprint density at radius 1 is 0.935 bits per heavy atom. The molecule has 0 saturated carbocycles. The van der Waals surface area contributed by atoms with Gasteiger partial charge in [-0.15, -0.1) is 0 Å². The van der Waals surface area contributed by atoms with Crippen molar-refractivity contribution < 1.29 is 22.8 Å². The van der Waals surface area contributed by atoms with Gasteiger partial charge < -0.3 is 10.6 Å². The van der Waals surface area contributed by atoms with Gasteiger partial charge in [0.05, 0.1) is 10.6 Å². The molecule has 3 aromatic carbocycles. The lowest BCUT2D eigenvalue weighted by Gasteiger charge is -2.24. The van der Waals surface area contributed by atoms with Crippen LogP contribution < -0.4 is 10.6 Å². The minimum Gasteiger partial charge on any atom is -0.324 e. The standard InChI is InChI=1S/C23H18N2O5S/c1-14-7-5-6-10-18(14)24-22(27)15-11-12-17-19(13-15)25-23(28)21(20(17)26)31(29,30)16-8-3-2-4-9-16/h2-13,21H,1H3,(H,24,27)(H,25,28). The number of para-hydroxylation sites is 1. The molecule has 0 radical (unpaired) electrons. The van der Waals surface area contributed by atoms with Crippen LogP contribution >= 0.6 is 0 Å². The molecule has 0 spiro atoms. The fourth-order valence-electron chi connectivity index (χ4n) is 3.40. The zero-order chi connectivity index (χ0) is 22.2. The number of ketones is 1. The maximum absolute atomic E-state index is 12.9. The van der Waals surface area contributed by atoms with Crippen LogP contribution in [0.1, 0.15) is 26.3 Å². The van der Waals surface area contributed by atoms with Crippen molar-refractivity contribution >= 4 is 38.8 Å². The van der Waals surface area contributed by atoms with E-state index in [0.29, 0.717) is 5.69 Å². The van der Waals surface area contributed by atoms with Crippen molar-refractivity contribution in [2.75, 3.05) is 10.6 Å². The van der Waals surface area contributed by atoms with Crippen LogP contribution in [0.3, 0.4) is 0 Å². The third-order valence-corrected chi connectivity index (χ3v) is 7.03. The first kappa shape index (κ1) is 20.5. The van der Waals surface area contributed by atoms with Gasteiger partial charge in [0.2, 0.25) is 5.25 Å². The zero-order valence-corrected chi connectivity index (χ0v) is 17.3. The van der Waals surface area contributed by atoms with Gasteiger partial charge in [-0.3, -0.25) is 14.4 Å². The number of amides is 2. The lowest BCUT2D eigenvalue weighted by molar-refractivity contribution is -0.115. The smallest absolute Gasteiger partial charge is 0.255 e. The van der Waals surface area contributed by atoms with Gasteiger partial charge in [0, 0.05) is 16.8 Å². The highest BCUT2D eigenvalue weighted by atomic mass is 32.2. The van der Waals surface area contributed by atoms with E-state index in [9.17, 15) is 22.8 Å². The van der Waals surface area contributed by atoms with E-state index in [4.69, 9.17) is 0 Å². The summed E-state index contributed by atoms with van der Waals surface area (Å²) in [6.07, 6.45) is 0. The van der Waals surface area contributed by atoms with Gasteiger partial charge in [-0.25, -0.2) is 8.42 Å². The number of fused-ring (bicyclic) bond motifs is 1. The highest BCUT2D eigenvalue weighted by Gasteiger charge is 2.44. The Hall–Kier alpha value is -3.78. The lowest BCUT2D eigenvalue weighted by atomic mass is 9.99. The molecule has 1 aliphatic heterocycles. The molecule has 8 heteroatoms. The van der Waals surface area contributed by atoms with Crippen molar-refractivity contribution in [3.05, 3.63) is 89.5 Å². The van der Waals surface area contributed by atoms with Gasteiger partial charge in [-0.1, -0.05) is 36.4 Å². The van der Waals surface area contributed by atoms with Gasteiger partial charge >= 0.3 is 0 Å². The van der Waals surface area contributed by atoms with Crippen molar-refractivity contribution in [1.82, 2.24) is 0 Å². The second-order valence-corrected chi connectivity index (χ2v) is 9.15. The molecule has 2 amide bonds. The molecule has 1 unspecified atom stereocenters. The van der Waals surface area contributed by atoms with E-state index < -0.39 is 32.7 Å². The number of anilines is 2. The molecule has 0 fully saturated rings. The van der Waals surface area contributed by atoms with Crippen molar-refractivity contribution in [3.8, 4) is 0 Å². The Morgan fingerprint density at radius 2 is 1.61 bits per heavy atom. The minimum absolute atomic E-state index is 0.0385. The van der Waals surface area contributed by atoms with E-state index in [1.54, 1.807) is 18.2 Å². The molecule has 0 aromatic heterocycles. The predicted molar refractivity (Wildman–Crippen MR) is 116 cm³/mol. The first-order chi connectivity index (χ1) is 14.8. The summed E-state index contributed by atoms with van der Waals surface area (Å²) < 4.78 is 25.8. The molecule has 0 saturated heterocycles. The average molecular weight is 434 g/mol. The van der Waals surface area contributed by atoms with Gasteiger partial charge in [-0.05, 0) is 48.9 Å². The number of sulfone groups is 1. The van der Waals surface area contributed by atoms with Gasteiger partial charge in [0.1, 0.15) is 0 Å². The monoisotopic (exact) mass is 434 g/mol. The molecule has 1 atom stereocenters. The summed E-state index contributed by atoms with van der Waals surface area (Å²) in [5.74, 6) is -2.19. The molecule has 0 bridgehead atoms. The van der Waals surface area contributed by atoms with Crippen molar-refractivity contribution in [1.29, 1.82) is 0 Å². The van der Waals surface area contributed by atoms with Crippen LogP contribution in [-0.4, -0.2) is 31.3 Å². The molecule has 156 valence electrons. The molecule has 7 nitrogen and oxygen atoms in total. The normalized spacial score (nSPS) is 15.7. The van der Waals surface area contributed by atoms with Crippen molar-refractivity contribution in [2.24, 2.45) is 0 Å². The summed E-state index contributed by atoms with van der Waals surface area (Å²) in [6, 6.07) is 18.8. The lowest BCUT2D eigenvalue weighted by Crippen LogP contribution is -2.45. The van der Waals surface area contributed by atoms with Crippen LogP contribution in [0.25, 0.3) is 0 Å². The summed E-state index contributed by atoms with van der Waals surface area (Å²) in [4.78, 5) is 38.0. The zero-order valence-electron chi connectivity index (χ0n) is 16.5. The number of rotatable bonds is 4. The van der Waals surface area contributed by atoms with Crippen LogP contribution in [0.15, 0.2) is 77.7 Å². The Kier molecular flexibility index (Phi) is 5.16. The topological polar surface area (TPSA) is 109 Å². The number of aryl methyl sites for hydroxylation is 1. The molecule has 3 aromatic rings. The van der Waals surface area contributed by atoms with Gasteiger partial charge in [-0.2, -0.15) is 0 Å². The molecule has 1 aliphatic rings. The predicted octanol–water partition coefficient (Wildman–Crippen LogP) is 3.22. The van der Waals surface area contributed by atoms with Crippen LogP contribution in [0.5, 0.6) is 0 Å². The van der Waals surface area contributed by atoms with Crippen molar-refractivity contribution in [3.63, 3.8) is 0 Å². The van der Waals surface area contributed by atoms with Crippen LogP contribution in [0.2, 0.25) is 0 Å². The second kappa shape index (κ2) is 7.81. The van der Waals surface area contributed by atoms with E-state index in [0.717, 1.165) is 5.56 Å². The number of carbonyl (C=O) groups excluding carboxylic acids is 3. The Morgan fingerprint density at radius 3 is 2.32 bits per heavy atom. The highest BCUT2D eigenvalue weighted by molar-refractivity contribution is 7.93. The van der Waals surface area contributed by atoms with Crippen LogP contribution in [0, 0.1) is 6.92 Å². The van der Waals surface area contributed by atoms with E-state index in [1.807, 2.05) is 19.1 Å². The second-order valence-electron chi connectivity index (χ2n) is 7.12. The summed E-state index contributed by atoms with van der Waals surface area (Å²) in [5.41, 5.74) is 1.88. The number of benzene rings is 3.